The number of nitrogens with zero attached hydrogens (tertiary/aromatic N) is 1. The van der Waals surface area contributed by atoms with Crippen LogP contribution in [0.4, 0.5) is 0 Å². The number of ketones is 1. The summed E-state index contributed by atoms with van der Waals surface area (Å²) in [6.07, 6.45) is 0.754. The highest BCUT2D eigenvalue weighted by Crippen LogP contribution is 2.39. The van der Waals surface area contributed by atoms with Gasteiger partial charge >= 0.3 is 0 Å². The number of aryl methyl sites for hydroxylation is 1. The normalized spacial score (nSPS) is 18.7. The molecule has 1 saturated heterocycles. The van der Waals surface area contributed by atoms with E-state index in [2.05, 4.69) is 0 Å². The van der Waals surface area contributed by atoms with Gasteiger partial charge < -0.3 is 14.9 Å². The van der Waals surface area contributed by atoms with Crippen molar-refractivity contribution in [1.29, 1.82) is 0 Å². The van der Waals surface area contributed by atoms with Gasteiger partial charge in [0.2, 0.25) is 0 Å². The molecule has 0 aromatic heterocycles. The average Bonchev–Trinajstić information content (AvgIpc) is 2.93. The largest absolute Gasteiger partial charge is 0.507 e. The fraction of sp³-hybridized carbons (Fsp3) is 0.304. The Kier molecular flexibility index (Phi) is 6.40. The topological polar surface area (TPSA) is 62.0 Å². The minimum absolute atomic E-state index is 0.123. The molecule has 5 nitrogen and oxygen atoms in total. The Morgan fingerprint density at radius 1 is 1.07 bits per heavy atom. The van der Waals surface area contributed by atoms with Crippen LogP contribution in [-0.2, 0) is 9.59 Å². The smallest absolute Gasteiger partial charge is 0.295 e. The molecule has 0 radical (unpaired) electrons. The number of quaternary nitrogens is 1. The van der Waals surface area contributed by atoms with Gasteiger partial charge in [-0.1, -0.05) is 53.6 Å². The van der Waals surface area contributed by atoms with Gasteiger partial charge in [-0.15, -0.1) is 0 Å². The minimum Gasteiger partial charge on any atom is -0.507 e. The summed E-state index contributed by atoms with van der Waals surface area (Å²) in [5, 5.41) is 11.5. The van der Waals surface area contributed by atoms with E-state index < -0.39 is 17.7 Å². The molecule has 2 N–H and O–H groups in total. The third-order valence-corrected chi connectivity index (χ3v) is 5.38. The van der Waals surface area contributed by atoms with Gasteiger partial charge in [-0.2, -0.15) is 0 Å². The van der Waals surface area contributed by atoms with Gasteiger partial charge in [0, 0.05) is 23.6 Å². The van der Waals surface area contributed by atoms with Gasteiger partial charge in [-0.25, -0.2) is 0 Å². The molecule has 1 fully saturated rings. The number of likely N-dealkylation sites (tertiary alicyclic amines) is 1. The van der Waals surface area contributed by atoms with E-state index in [4.69, 9.17) is 11.6 Å². The van der Waals surface area contributed by atoms with Crippen molar-refractivity contribution in [1.82, 2.24) is 4.90 Å². The van der Waals surface area contributed by atoms with E-state index in [1.165, 1.54) is 4.90 Å². The number of hydrogen-bond donors (Lipinski definition) is 2. The van der Waals surface area contributed by atoms with Crippen molar-refractivity contribution in [2.75, 3.05) is 27.2 Å². The maximum Gasteiger partial charge on any atom is 0.295 e. The Morgan fingerprint density at radius 2 is 1.69 bits per heavy atom. The van der Waals surface area contributed by atoms with Crippen molar-refractivity contribution < 1.29 is 19.6 Å². The fourth-order valence-corrected chi connectivity index (χ4v) is 3.70. The molecule has 1 heterocycles. The lowest BCUT2D eigenvalue weighted by molar-refractivity contribution is -0.858. The molecular weight excluding hydrogens is 388 g/mol. The fourth-order valence-electron chi connectivity index (χ4n) is 3.57. The molecule has 0 bridgehead atoms. The molecule has 0 saturated carbocycles. The van der Waals surface area contributed by atoms with Gasteiger partial charge in [0.15, 0.2) is 0 Å². The van der Waals surface area contributed by atoms with Gasteiger partial charge in [-0.3, -0.25) is 9.59 Å². The molecule has 29 heavy (non-hydrogen) atoms. The summed E-state index contributed by atoms with van der Waals surface area (Å²) in [7, 11) is 4.09. The summed E-state index contributed by atoms with van der Waals surface area (Å²) in [6.45, 7) is 3.26. The molecule has 1 aliphatic rings. The maximum absolute atomic E-state index is 12.9. The van der Waals surface area contributed by atoms with Crippen LogP contribution in [0.1, 0.15) is 29.2 Å². The Morgan fingerprint density at radius 3 is 2.28 bits per heavy atom. The van der Waals surface area contributed by atoms with E-state index in [1.54, 1.807) is 41.3 Å². The number of aliphatic hydroxyl groups is 1. The molecule has 1 amide bonds. The monoisotopic (exact) mass is 413 g/mol. The Hall–Kier alpha value is -2.63. The first-order chi connectivity index (χ1) is 13.8. The predicted molar refractivity (Wildman–Crippen MR) is 114 cm³/mol. The third kappa shape index (κ3) is 4.52. The molecule has 0 unspecified atom stereocenters. The van der Waals surface area contributed by atoms with Crippen LogP contribution in [0, 0.1) is 6.92 Å². The molecule has 0 aliphatic carbocycles. The molecule has 152 valence electrons. The maximum atomic E-state index is 12.9. The number of rotatable bonds is 6. The Bertz CT molecular complexity index is 934. The second-order valence-corrected chi connectivity index (χ2v) is 8.16. The van der Waals surface area contributed by atoms with Crippen LogP contribution in [0.25, 0.3) is 5.76 Å². The summed E-state index contributed by atoms with van der Waals surface area (Å²) < 4.78 is 0. The van der Waals surface area contributed by atoms with Gasteiger partial charge in [0.25, 0.3) is 11.7 Å². The van der Waals surface area contributed by atoms with Crippen LogP contribution in [0.2, 0.25) is 5.02 Å². The van der Waals surface area contributed by atoms with Crippen LogP contribution in [0.15, 0.2) is 54.1 Å². The molecule has 1 aliphatic heterocycles. The van der Waals surface area contributed by atoms with Crippen molar-refractivity contribution >= 4 is 29.1 Å². The number of benzene rings is 2. The summed E-state index contributed by atoms with van der Waals surface area (Å²) >= 11 is 6.03. The first-order valence-corrected chi connectivity index (χ1v) is 10.1. The highest BCUT2D eigenvalue weighted by Gasteiger charge is 2.45. The number of amides is 1. The van der Waals surface area contributed by atoms with E-state index in [9.17, 15) is 14.7 Å². The number of nitrogens with one attached hydrogen (secondary N) is 1. The number of halogens is 1. The Labute approximate surface area is 176 Å². The zero-order chi connectivity index (χ0) is 21.1. The zero-order valence-corrected chi connectivity index (χ0v) is 17.7. The lowest BCUT2D eigenvalue weighted by Crippen LogP contribution is -3.05. The van der Waals surface area contributed by atoms with E-state index >= 15 is 0 Å². The second kappa shape index (κ2) is 8.80. The van der Waals surface area contributed by atoms with Crippen molar-refractivity contribution in [3.63, 3.8) is 0 Å². The lowest BCUT2D eigenvalue weighted by atomic mass is 9.95. The summed E-state index contributed by atoms with van der Waals surface area (Å²) in [5.74, 6) is -1.38. The standard InChI is InChI=1S/C23H25ClN2O3/c1-15-5-7-17(8-6-15)21(27)19-20(16-9-11-18(24)12-10-16)26(23(29)22(19)28)14-4-13-25(2)3/h5-12,20,27H,4,13-14H2,1-3H3/p+1/t20-/m1/s1. The quantitative estimate of drug-likeness (QED) is 0.434. The summed E-state index contributed by atoms with van der Waals surface area (Å²) in [5.41, 5.74) is 2.44. The van der Waals surface area contributed by atoms with Gasteiger partial charge in [0.1, 0.15) is 5.76 Å². The van der Waals surface area contributed by atoms with E-state index in [-0.39, 0.29) is 11.3 Å². The van der Waals surface area contributed by atoms with Gasteiger partial charge in [-0.05, 0) is 24.6 Å². The van der Waals surface area contributed by atoms with Crippen LogP contribution in [-0.4, -0.2) is 48.9 Å². The number of aliphatic hydroxyl groups excluding tert-OH is 1. The van der Waals surface area contributed by atoms with E-state index in [0.29, 0.717) is 17.1 Å². The number of hydrogen-bond acceptors (Lipinski definition) is 3. The van der Waals surface area contributed by atoms with E-state index in [1.807, 2.05) is 33.2 Å². The molecule has 3 rings (SSSR count). The zero-order valence-electron chi connectivity index (χ0n) is 16.9. The van der Waals surface area contributed by atoms with Crippen LogP contribution in [0.5, 0.6) is 0 Å². The molecule has 2 aromatic carbocycles. The highest BCUT2D eigenvalue weighted by atomic mass is 35.5. The number of Topliss-reactive ketones (excluding diaryl/α,β-unsaturated/α-hetero) is 1. The molecule has 2 aromatic rings. The van der Waals surface area contributed by atoms with Crippen molar-refractivity contribution in [3.05, 3.63) is 75.8 Å². The van der Waals surface area contributed by atoms with Crippen molar-refractivity contribution in [2.24, 2.45) is 0 Å². The molecule has 6 heteroatoms. The predicted octanol–water partition coefficient (Wildman–Crippen LogP) is 2.60. The van der Waals surface area contributed by atoms with E-state index in [0.717, 1.165) is 24.1 Å². The summed E-state index contributed by atoms with van der Waals surface area (Å²) in [4.78, 5) is 28.6. The molecular formula is C23H26ClN2O3+. The third-order valence-electron chi connectivity index (χ3n) is 5.13. The number of carbonyl (C=O) groups excluding carboxylic acids is 2. The van der Waals surface area contributed by atoms with Crippen LogP contribution >= 0.6 is 11.6 Å². The van der Waals surface area contributed by atoms with Crippen molar-refractivity contribution in [3.8, 4) is 0 Å². The lowest BCUT2D eigenvalue weighted by Gasteiger charge is -2.25. The minimum atomic E-state index is -0.653. The summed E-state index contributed by atoms with van der Waals surface area (Å²) in [6, 6.07) is 13.7. The van der Waals surface area contributed by atoms with Gasteiger partial charge in [0.05, 0.1) is 32.3 Å². The van der Waals surface area contributed by atoms with Crippen LogP contribution < -0.4 is 4.90 Å². The second-order valence-electron chi connectivity index (χ2n) is 7.72. The SMILES string of the molecule is Cc1ccc(C(O)=C2C(=O)C(=O)N(CCC[NH+](C)C)[C@@H]2c2ccc(Cl)cc2)cc1. The number of carbonyl (C=O) groups is 2. The van der Waals surface area contributed by atoms with Crippen LogP contribution in [0.3, 0.4) is 0 Å². The first kappa shape index (κ1) is 21.1. The van der Waals surface area contributed by atoms with Crippen molar-refractivity contribution in [2.45, 2.75) is 19.4 Å². The first-order valence-electron chi connectivity index (χ1n) is 9.69. The highest BCUT2D eigenvalue weighted by molar-refractivity contribution is 6.46. The molecule has 0 spiro atoms. The molecule has 1 atom stereocenters. The average molecular weight is 414 g/mol. The Balaban J connectivity index is 2.07.